The van der Waals surface area contributed by atoms with E-state index < -0.39 is 12.1 Å². The fraction of sp³-hybridized carbons (Fsp3) is 0.353. The molecule has 0 aromatic heterocycles. The van der Waals surface area contributed by atoms with Gasteiger partial charge in [0.1, 0.15) is 19.3 Å². The van der Waals surface area contributed by atoms with Crippen LogP contribution in [0.1, 0.15) is 24.2 Å². The lowest BCUT2D eigenvalue weighted by molar-refractivity contribution is 0.00292. The van der Waals surface area contributed by atoms with Gasteiger partial charge in [0.2, 0.25) is 6.79 Å². The van der Waals surface area contributed by atoms with Gasteiger partial charge in [-0.25, -0.2) is 4.79 Å². The highest BCUT2D eigenvalue weighted by atomic mass is 16.7. The molecule has 1 aliphatic rings. The van der Waals surface area contributed by atoms with Crippen molar-refractivity contribution in [1.82, 2.24) is 0 Å². The maximum atomic E-state index is 11.9. The van der Waals surface area contributed by atoms with Crippen molar-refractivity contribution in [2.45, 2.75) is 20.0 Å². The topological polar surface area (TPSA) is 74.2 Å². The van der Waals surface area contributed by atoms with Gasteiger partial charge < -0.3 is 24.1 Å². The summed E-state index contributed by atoms with van der Waals surface area (Å²) >= 11 is 0. The average Bonchev–Trinajstić information content (AvgIpc) is 3.03. The molecule has 0 saturated heterocycles. The molecule has 0 spiro atoms. The molecule has 1 aliphatic heterocycles. The Morgan fingerprint density at radius 3 is 2.83 bits per heavy atom. The molecule has 0 amide bonds. The molecule has 0 radical (unpaired) electrons. The molecule has 1 atom stereocenters. The van der Waals surface area contributed by atoms with Crippen molar-refractivity contribution in [3.05, 3.63) is 47.7 Å². The lowest BCUT2D eigenvalue weighted by atomic mass is 10.2. The minimum atomic E-state index is -0.901. The molecule has 0 saturated carbocycles. The molecule has 0 bridgehead atoms. The Balaban J connectivity index is 1.77. The quantitative estimate of drug-likeness (QED) is 0.472. The Hall–Kier alpha value is -2.47. The molecule has 2 rings (SSSR count). The smallest absolute Gasteiger partial charge is 0.338 e. The molecule has 1 aromatic rings. The molecule has 0 aliphatic carbocycles. The lowest BCUT2D eigenvalue weighted by Gasteiger charge is -2.13. The number of benzene rings is 1. The van der Waals surface area contributed by atoms with Gasteiger partial charge in [0, 0.05) is 0 Å². The average molecular weight is 320 g/mol. The monoisotopic (exact) mass is 320 g/mol. The highest BCUT2D eigenvalue weighted by Gasteiger charge is 2.18. The van der Waals surface area contributed by atoms with Crippen molar-refractivity contribution in [1.29, 1.82) is 0 Å². The minimum absolute atomic E-state index is 0.0499. The van der Waals surface area contributed by atoms with Crippen LogP contribution in [0, 0.1) is 0 Å². The van der Waals surface area contributed by atoms with E-state index in [2.05, 4.69) is 0 Å². The van der Waals surface area contributed by atoms with Crippen molar-refractivity contribution >= 4 is 5.97 Å². The Labute approximate surface area is 134 Å². The summed E-state index contributed by atoms with van der Waals surface area (Å²) in [4.78, 5) is 11.9. The largest absolute Gasteiger partial charge is 0.495 e. The van der Waals surface area contributed by atoms with Gasteiger partial charge in [0.15, 0.2) is 11.5 Å². The first-order valence-electron chi connectivity index (χ1n) is 7.27. The Morgan fingerprint density at radius 1 is 1.30 bits per heavy atom. The molecule has 6 heteroatoms. The number of carbonyl (C=O) groups excluding carboxylic acids is 1. The number of esters is 1. The molecule has 1 N–H and O–H groups in total. The van der Waals surface area contributed by atoms with E-state index in [1.807, 2.05) is 19.1 Å². The number of aliphatic hydroxyl groups excluding tert-OH is 1. The van der Waals surface area contributed by atoms with Crippen molar-refractivity contribution < 1.29 is 28.8 Å². The number of fused-ring (bicyclic) bond motifs is 1. The fourth-order valence-corrected chi connectivity index (χ4v) is 1.83. The summed E-state index contributed by atoms with van der Waals surface area (Å²) in [5.41, 5.74) is 0.339. The Morgan fingerprint density at radius 2 is 2.04 bits per heavy atom. The molecule has 0 fully saturated rings. The SMILES string of the molecule is C/C=C\C=C(/C)OCC(O)COC(=O)c1ccc2c(c1)OCO2. The van der Waals surface area contributed by atoms with Crippen molar-refractivity contribution in [2.24, 2.45) is 0 Å². The number of carbonyl (C=O) groups is 1. The zero-order valence-electron chi connectivity index (χ0n) is 13.2. The standard InChI is InChI=1S/C17H20O6/c1-3-4-5-12(2)20-9-14(18)10-21-17(19)13-6-7-15-16(8-13)23-11-22-15/h3-8,14,18H,9-11H2,1-2H3/b4-3-,12-5+. The molecule has 6 nitrogen and oxygen atoms in total. The summed E-state index contributed by atoms with van der Waals surface area (Å²) in [6, 6.07) is 4.79. The number of allylic oxidation sites excluding steroid dienone is 4. The maximum absolute atomic E-state index is 11.9. The number of ether oxygens (including phenoxy) is 4. The first-order valence-corrected chi connectivity index (χ1v) is 7.27. The summed E-state index contributed by atoms with van der Waals surface area (Å²) in [5, 5.41) is 9.78. The van der Waals surface area contributed by atoms with E-state index >= 15 is 0 Å². The van der Waals surface area contributed by atoms with Gasteiger partial charge in [0.25, 0.3) is 0 Å². The van der Waals surface area contributed by atoms with E-state index in [9.17, 15) is 9.90 Å². The lowest BCUT2D eigenvalue weighted by Crippen LogP contribution is -2.23. The van der Waals surface area contributed by atoms with Gasteiger partial charge in [-0.3, -0.25) is 0 Å². The number of hydrogen-bond donors (Lipinski definition) is 1. The number of hydrogen-bond acceptors (Lipinski definition) is 6. The van der Waals surface area contributed by atoms with Crippen LogP contribution in [0.15, 0.2) is 42.2 Å². The van der Waals surface area contributed by atoms with Crippen LogP contribution < -0.4 is 9.47 Å². The zero-order valence-corrected chi connectivity index (χ0v) is 13.2. The van der Waals surface area contributed by atoms with Gasteiger partial charge in [-0.2, -0.15) is 0 Å². The molecule has 124 valence electrons. The van der Waals surface area contributed by atoms with Gasteiger partial charge in [-0.1, -0.05) is 12.2 Å². The van der Waals surface area contributed by atoms with Gasteiger partial charge in [0.05, 0.1) is 11.3 Å². The Kier molecular flexibility index (Phi) is 6.05. The normalized spacial score (nSPS) is 14.8. The van der Waals surface area contributed by atoms with E-state index in [0.29, 0.717) is 22.8 Å². The second-order valence-corrected chi connectivity index (χ2v) is 4.93. The predicted molar refractivity (Wildman–Crippen MR) is 83.4 cm³/mol. The third kappa shape index (κ3) is 5.03. The molecule has 1 heterocycles. The van der Waals surface area contributed by atoms with Crippen LogP contribution in [0.4, 0.5) is 0 Å². The van der Waals surface area contributed by atoms with Crippen LogP contribution in [0.25, 0.3) is 0 Å². The molecular formula is C17H20O6. The summed E-state index contributed by atoms with van der Waals surface area (Å²) in [6.45, 7) is 3.72. The number of rotatable bonds is 7. The summed E-state index contributed by atoms with van der Waals surface area (Å²) < 4.78 is 20.8. The summed E-state index contributed by atoms with van der Waals surface area (Å²) in [7, 11) is 0. The number of aliphatic hydroxyl groups is 1. The van der Waals surface area contributed by atoms with E-state index in [0.717, 1.165) is 0 Å². The third-order valence-electron chi connectivity index (χ3n) is 3.04. The first-order chi connectivity index (χ1) is 11.1. The molecular weight excluding hydrogens is 300 g/mol. The van der Waals surface area contributed by atoms with Crippen molar-refractivity contribution in [2.75, 3.05) is 20.0 Å². The second-order valence-electron chi connectivity index (χ2n) is 4.93. The van der Waals surface area contributed by atoms with E-state index in [-0.39, 0.29) is 20.0 Å². The van der Waals surface area contributed by atoms with Crippen molar-refractivity contribution in [3.8, 4) is 11.5 Å². The van der Waals surface area contributed by atoms with Crippen LogP contribution >= 0.6 is 0 Å². The summed E-state index contributed by atoms with van der Waals surface area (Å²) in [5.74, 6) is 1.24. The van der Waals surface area contributed by atoms with Crippen LogP contribution in [0.2, 0.25) is 0 Å². The second kappa shape index (κ2) is 8.24. The first kappa shape index (κ1) is 16.9. The summed E-state index contributed by atoms with van der Waals surface area (Å²) in [6.07, 6.45) is 4.59. The minimum Gasteiger partial charge on any atom is -0.495 e. The van der Waals surface area contributed by atoms with Crippen LogP contribution in [-0.2, 0) is 9.47 Å². The molecule has 23 heavy (non-hydrogen) atoms. The third-order valence-corrected chi connectivity index (χ3v) is 3.04. The van der Waals surface area contributed by atoms with E-state index in [4.69, 9.17) is 18.9 Å². The van der Waals surface area contributed by atoms with Gasteiger partial charge in [-0.15, -0.1) is 0 Å². The van der Waals surface area contributed by atoms with Gasteiger partial charge in [-0.05, 0) is 38.1 Å². The highest BCUT2D eigenvalue weighted by Crippen LogP contribution is 2.32. The van der Waals surface area contributed by atoms with Crippen molar-refractivity contribution in [3.63, 3.8) is 0 Å². The fourth-order valence-electron chi connectivity index (χ4n) is 1.83. The molecule has 1 unspecified atom stereocenters. The van der Waals surface area contributed by atoms with Crippen LogP contribution in [-0.4, -0.2) is 37.2 Å². The molecule has 1 aromatic carbocycles. The van der Waals surface area contributed by atoms with Gasteiger partial charge >= 0.3 is 5.97 Å². The van der Waals surface area contributed by atoms with Crippen LogP contribution in [0.3, 0.4) is 0 Å². The van der Waals surface area contributed by atoms with E-state index in [1.165, 1.54) is 0 Å². The highest BCUT2D eigenvalue weighted by molar-refractivity contribution is 5.90. The van der Waals surface area contributed by atoms with E-state index in [1.54, 1.807) is 31.2 Å². The maximum Gasteiger partial charge on any atom is 0.338 e. The van der Waals surface area contributed by atoms with Crippen LogP contribution in [0.5, 0.6) is 11.5 Å². The predicted octanol–water partition coefficient (Wildman–Crippen LogP) is 2.43. The Bertz CT molecular complexity index is 605. The zero-order chi connectivity index (χ0) is 16.7.